The molecule has 1 aliphatic rings. The fraction of sp³-hybridized carbons (Fsp3) is 0.207. The van der Waals surface area contributed by atoms with Gasteiger partial charge in [0.05, 0.1) is 24.9 Å². The van der Waals surface area contributed by atoms with E-state index in [0.717, 1.165) is 16.8 Å². The van der Waals surface area contributed by atoms with Crippen LogP contribution < -0.4 is 11.0 Å². The van der Waals surface area contributed by atoms with Crippen molar-refractivity contribution in [3.8, 4) is 28.1 Å². The number of imidazole rings is 1. The molecule has 45 heavy (non-hydrogen) atoms. The van der Waals surface area contributed by atoms with Crippen LogP contribution in [0.2, 0.25) is 10.2 Å². The number of hydrogen-bond acceptors (Lipinski definition) is 9. The average Bonchev–Trinajstić information content (AvgIpc) is 3.80. The number of aromatic amines is 1. The smallest absolute Gasteiger partial charge is 0.290 e. The maximum absolute atomic E-state index is 13.5. The SMILES string of the molecule is COCCONC(=O)c1ccc(-c2nc([C@@H]3CCc4cc(-c5cc(Cl)ccc5-n5cnnn5)cc(=O)n43)[nH]c2Cl)cc1.O=CO. The van der Waals surface area contributed by atoms with E-state index < -0.39 is 0 Å². The monoisotopic (exact) mass is 652 g/mol. The van der Waals surface area contributed by atoms with Crippen molar-refractivity contribution in [2.45, 2.75) is 18.9 Å². The number of benzene rings is 2. The van der Waals surface area contributed by atoms with E-state index in [-0.39, 0.29) is 30.6 Å². The van der Waals surface area contributed by atoms with E-state index in [1.54, 1.807) is 54.1 Å². The average molecular weight is 653 g/mol. The van der Waals surface area contributed by atoms with E-state index in [2.05, 4.69) is 26.0 Å². The number of nitrogens with one attached hydrogen (secondary N) is 2. The standard InChI is InChI=1S/C28H24Cl2N8O4.CH2O2/c1-41-10-11-42-34-28(40)17-4-2-16(3-5-17)25-26(30)33-27(32-25)23-9-7-20-12-18(13-24(39)38(20)23)21-14-19(29)6-8-22(21)37-15-31-35-36-37;2-1-3/h2-6,8,12-15,23H,7,9-11H2,1H3,(H,32,33)(H,34,40);1H,(H,2,3)/t23-;/m0./s1. The number of halogens is 2. The Labute approximate surface area is 265 Å². The van der Waals surface area contributed by atoms with Crippen LogP contribution in [0, 0.1) is 0 Å². The number of hydrogen-bond donors (Lipinski definition) is 3. The van der Waals surface area contributed by atoms with Gasteiger partial charge in [-0.3, -0.25) is 19.2 Å². The van der Waals surface area contributed by atoms with Crippen molar-refractivity contribution >= 4 is 35.6 Å². The number of amides is 1. The van der Waals surface area contributed by atoms with Gasteiger partial charge in [-0.1, -0.05) is 35.3 Å². The van der Waals surface area contributed by atoms with Gasteiger partial charge in [0.2, 0.25) is 0 Å². The number of hydroxylamine groups is 1. The van der Waals surface area contributed by atoms with Crippen molar-refractivity contribution in [2.75, 3.05) is 20.3 Å². The largest absolute Gasteiger partial charge is 0.483 e. The lowest BCUT2D eigenvalue weighted by molar-refractivity contribution is -0.122. The molecule has 0 bridgehead atoms. The topological polar surface area (TPSA) is 179 Å². The van der Waals surface area contributed by atoms with Gasteiger partial charge in [-0.25, -0.2) is 10.5 Å². The van der Waals surface area contributed by atoms with Crippen LogP contribution in [-0.2, 0) is 20.8 Å². The lowest BCUT2D eigenvalue weighted by Gasteiger charge is -2.15. The molecule has 4 heterocycles. The number of carbonyl (C=O) groups excluding carboxylic acids is 1. The number of aromatic nitrogens is 7. The molecule has 3 aromatic heterocycles. The van der Waals surface area contributed by atoms with E-state index in [9.17, 15) is 9.59 Å². The minimum absolute atomic E-state index is 0.176. The van der Waals surface area contributed by atoms with Crippen LogP contribution >= 0.6 is 23.2 Å². The predicted octanol–water partition coefficient (Wildman–Crippen LogP) is 3.73. The number of tetrazole rings is 1. The molecular formula is C29H26Cl2N8O6. The third-order valence-corrected chi connectivity index (χ3v) is 7.48. The molecule has 14 nitrogen and oxygen atoms in total. The second-order valence-corrected chi connectivity index (χ2v) is 10.5. The number of rotatable bonds is 9. The van der Waals surface area contributed by atoms with Gasteiger partial charge in [0, 0.05) is 40.6 Å². The Hall–Kier alpha value is -4.89. The fourth-order valence-electron chi connectivity index (χ4n) is 5.02. The van der Waals surface area contributed by atoms with Crippen molar-refractivity contribution in [1.82, 2.24) is 40.2 Å². The Morgan fingerprint density at radius 2 is 1.91 bits per heavy atom. The molecule has 232 valence electrons. The molecule has 0 saturated carbocycles. The second-order valence-electron chi connectivity index (χ2n) is 9.65. The summed E-state index contributed by atoms with van der Waals surface area (Å²) >= 11 is 12.9. The molecule has 6 rings (SSSR count). The molecule has 0 aliphatic carbocycles. The molecule has 0 radical (unpaired) electrons. The summed E-state index contributed by atoms with van der Waals surface area (Å²) in [6.07, 6.45) is 2.82. The van der Waals surface area contributed by atoms with Crippen molar-refractivity contribution in [2.24, 2.45) is 0 Å². The first kappa shape index (κ1) is 31.5. The number of carboxylic acid groups (broad SMARTS) is 1. The number of carbonyl (C=O) groups is 2. The van der Waals surface area contributed by atoms with Gasteiger partial charge >= 0.3 is 0 Å². The number of fused-ring (bicyclic) bond motifs is 1. The summed E-state index contributed by atoms with van der Waals surface area (Å²) in [7, 11) is 1.55. The van der Waals surface area contributed by atoms with E-state index >= 15 is 0 Å². The van der Waals surface area contributed by atoms with Gasteiger partial charge in [0.15, 0.2) is 0 Å². The first-order chi connectivity index (χ1) is 21.8. The van der Waals surface area contributed by atoms with Crippen LogP contribution in [0.4, 0.5) is 0 Å². The van der Waals surface area contributed by atoms with Crippen LogP contribution in [0.3, 0.4) is 0 Å². The molecule has 0 fully saturated rings. The summed E-state index contributed by atoms with van der Waals surface area (Å²) < 4.78 is 8.15. The Kier molecular flexibility index (Phi) is 9.99. The molecule has 1 aliphatic heterocycles. The zero-order chi connectivity index (χ0) is 31.9. The van der Waals surface area contributed by atoms with Crippen LogP contribution in [0.15, 0.2) is 65.7 Å². The minimum atomic E-state index is -0.379. The van der Waals surface area contributed by atoms with Gasteiger partial charge < -0.3 is 19.4 Å². The van der Waals surface area contributed by atoms with Gasteiger partial charge in [-0.15, -0.1) is 5.10 Å². The highest BCUT2D eigenvalue weighted by molar-refractivity contribution is 6.32. The number of ether oxygens (including phenoxy) is 1. The number of pyridine rings is 1. The lowest BCUT2D eigenvalue weighted by Crippen LogP contribution is -2.25. The highest BCUT2D eigenvalue weighted by atomic mass is 35.5. The normalized spacial score (nSPS) is 13.5. The zero-order valence-corrected chi connectivity index (χ0v) is 25.2. The van der Waals surface area contributed by atoms with Crippen LogP contribution in [0.1, 0.15) is 34.3 Å². The molecule has 16 heteroatoms. The third kappa shape index (κ3) is 6.94. The quantitative estimate of drug-likeness (QED) is 0.121. The van der Waals surface area contributed by atoms with Gasteiger partial charge in [-0.05, 0) is 65.2 Å². The lowest BCUT2D eigenvalue weighted by atomic mass is 10.0. The molecule has 1 atom stereocenters. The Balaban J connectivity index is 0.00000128. The first-order valence-electron chi connectivity index (χ1n) is 13.5. The summed E-state index contributed by atoms with van der Waals surface area (Å²) in [6.45, 7) is 0.353. The number of H-pyrrole nitrogens is 1. The molecule has 2 aromatic carbocycles. The highest BCUT2D eigenvalue weighted by Gasteiger charge is 2.29. The summed E-state index contributed by atoms with van der Waals surface area (Å²) in [5, 5.41) is 19.2. The Morgan fingerprint density at radius 1 is 1.13 bits per heavy atom. The molecule has 1 amide bonds. The number of aryl methyl sites for hydroxylation is 1. The molecule has 0 saturated heterocycles. The van der Waals surface area contributed by atoms with E-state index in [4.69, 9.17) is 47.7 Å². The van der Waals surface area contributed by atoms with Crippen molar-refractivity contribution in [1.29, 1.82) is 0 Å². The van der Waals surface area contributed by atoms with Crippen molar-refractivity contribution in [3.05, 3.63) is 98.5 Å². The minimum Gasteiger partial charge on any atom is -0.483 e. The fourth-order valence-corrected chi connectivity index (χ4v) is 5.44. The highest BCUT2D eigenvalue weighted by Crippen LogP contribution is 2.36. The summed E-state index contributed by atoms with van der Waals surface area (Å²) in [4.78, 5) is 47.1. The maximum Gasteiger partial charge on any atom is 0.290 e. The van der Waals surface area contributed by atoms with Crippen molar-refractivity contribution < 1.29 is 24.3 Å². The molecule has 0 unspecified atom stereocenters. The van der Waals surface area contributed by atoms with Crippen LogP contribution in [0.5, 0.6) is 0 Å². The summed E-state index contributed by atoms with van der Waals surface area (Å²) in [5.74, 6) is 0.199. The Bertz CT molecular complexity index is 1860. The second kappa shape index (κ2) is 14.3. The molecule has 5 aromatic rings. The van der Waals surface area contributed by atoms with E-state index in [1.165, 1.54) is 11.0 Å². The maximum atomic E-state index is 13.5. The van der Waals surface area contributed by atoms with Gasteiger partial charge in [0.1, 0.15) is 23.0 Å². The van der Waals surface area contributed by atoms with Crippen LogP contribution in [0.25, 0.3) is 28.1 Å². The molecular weight excluding hydrogens is 627 g/mol. The van der Waals surface area contributed by atoms with Crippen molar-refractivity contribution in [3.63, 3.8) is 0 Å². The number of nitrogens with zero attached hydrogens (tertiary/aromatic N) is 6. The van der Waals surface area contributed by atoms with Crippen LogP contribution in [-0.4, -0.2) is 72.6 Å². The van der Waals surface area contributed by atoms with Gasteiger partial charge in [-0.2, -0.15) is 4.68 Å². The zero-order valence-electron chi connectivity index (χ0n) is 23.7. The summed E-state index contributed by atoms with van der Waals surface area (Å²) in [5.41, 5.74) is 6.87. The van der Waals surface area contributed by atoms with E-state index in [0.29, 0.717) is 58.0 Å². The number of methoxy groups -OCH3 is 1. The molecule has 3 N–H and O–H groups in total. The van der Waals surface area contributed by atoms with E-state index in [1.807, 2.05) is 12.1 Å². The molecule has 0 spiro atoms. The predicted molar refractivity (Wildman–Crippen MR) is 163 cm³/mol. The van der Waals surface area contributed by atoms with Gasteiger partial charge in [0.25, 0.3) is 17.9 Å². The first-order valence-corrected chi connectivity index (χ1v) is 14.2. The third-order valence-electron chi connectivity index (χ3n) is 6.97. The Morgan fingerprint density at radius 3 is 2.62 bits per heavy atom. The summed E-state index contributed by atoms with van der Waals surface area (Å²) in [6, 6.07) is 15.4.